The molecule has 0 bridgehead atoms. The van der Waals surface area contributed by atoms with Crippen molar-refractivity contribution >= 4 is 17.7 Å². The molecular formula is C19H19NO7. The summed E-state index contributed by atoms with van der Waals surface area (Å²) in [5.74, 6) is 0.608. The molecule has 1 heterocycles. The minimum atomic E-state index is -1.00. The van der Waals surface area contributed by atoms with Gasteiger partial charge in [0.25, 0.3) is 0 Å². The van der Waals surface area contributed by atoms with E-state index < -0.39 is 18.2 Å². The van der Waals surface area contributed by atoms with Gasteiger partial charge in [-0.15, -0.1) is 0 Å². The van der Waals surface area contributed by atoms with Gasteiger partial charge in [-0.25, -0.2) is 9.59 Å². The van der Waals surface area contributed by atoms with Gasteiger partial charge in [-0.1, -0.05) is 0 Å². The summed E-state index contributed by atoms with van der Waals surface area (Å²) in [4.78, 5) is 24.6. The first-order chi connectivity index (χ1) is 13.0. The van der Waals surface area contributed by atoms with E-state index in [1.165, 1.54) is 24.1 Å². The molecule has 0 aromatic heterocycles. The summed E-state index contributed by atoms with van der Waals surface area (Å²) in [6.07, 6.45) is -0.961. The number of ether oxygens (including phenoxy) is 4. The SMILES string of the molecule is COc1ccc(N2CC(COc3ccc(C(=O)O)cc3)OC2=O)c(OC)c1. The van der Waals surface area contributed by atoms with Crippen LogP contribution in [-0.2, 0) is 4.74 Å². The lowest BCUT2D eigenvalue weighted by atomic mass is 10.2. The average molecular weight is 373 g/mol. The van der Waals surface area contributed by atoms with Crippen LogP contribution in [0.15, 0.2) is 42.5 Å². The number of cyclic esters (lactones) is 1. The molecule has 2 aromatic carbocycles. The maximum atomic E-state index is 12.2. The number of amides is 1. The van der Waals surface area contributed by atoms with Crippen molar-refractivity contribution in [3.63, 3.8) is 0 Å². The average Bonchev–Trinajstić information content (AvgIpc) is 3.06. The standard InChI is InChI=1S/C19H19NO7/c1-24-14-7-8-16(17(9-14)25-2)20-10-15(27-19(20)23)11-26-13-5-3-12(4-6-13)18(21)22/h3-9,15H,10-11H2,1-2H3,(H,21,22). The van der Waals surface area contributed by atoms with Gasteiger partial charge in [0.05, 0.1) is 32.0 Å². The molecule has 1 unspecified atom stereocenters. The molecule has 2 aromatic rings. The normalized spacial score (nSPS) is 16.0. The molecular weight excluding hydrogens is 354 g/mol. The van der Waals surface area contributed by atoms with E-state index in [-0.39, 0.29) is 12.2 Å². The number of carbonyl (C=O) groups excluding carboxylic acids is 1. The van der Waals surface area contributed by atoms with Gasteiger partial charge in [0.1, 0.15) is 23.9 Å². The highest BCUT2D eigenvalue weighted by Crippen LogP contribution is 2.34. The van der Waals surface area contributed by atoms with Gasteiger partial charge >= 0.3 is 12.1 Å². The first-order valence-electron chi connectivity index (χ1n) is 8.18. The maximum Gasteiger partial charge on any atom is 0.415 e. The second-order valence-corrected chi connectivity index (χ2v) is 5.79. The molecule has 8 nitrogen and oxygen atoms in total. The monoisotopic (exact) mass is 373 g/mol. The van der Waals surface area contributed by atoms with E-state index in [2.05, 4.69) is 0 Å². The van der Waals surface area contributed by atoms with E-state index in [0.717, 1.165) is 0 Å². The van der Waals surface area contributed by atoms with E-state index in [4.69, 9.17) is 24.1 Å². The molecule has 142 valence electrons. The zero-order chi connectivity index (χ0) is 19.4. The number of carboxylic acid groups (broad SMARTS) is 1. The van der Waals surface area contributed by atoms with Crippen LogP contribution in [0.3, 0.4) is 0 Å². The van der Waals surface area contributed by atoms with Crippen molar-refractivity contribution in [1.82, 2.24) is 0 Å². The van der Waals surface area contributed by atoms with Crippen molar-refractivity contribution in [2.45, 2.75) is 6.10 Å². The van der Waals surface area contributed by atoms with Crippen molar-refractivity contribution < 1.29 is 33.6 Å². The maximum absolute atomic E-state index is 12.2. The first kappa shape index (κ1) is 18.4. The minimum absolute atomic E-state index is 0.146. The van der Waals surface area contributed by atoms with Crippen molar-refractivity contribution in [2.75, 3.05) is 32.3 Å². The predicted molar refractivity (Wildman–Crippen MR) is 96.1 cm³/mol. The number of carbonyl (C=O) groups is 2. The second kappa shape index (κ2) is 7.86. The third-order valence-electron chi connectivity index (χ3n) is 4.09. The van der Waals surface area contributed by atoms with Crippen molar-refractivity contribution in [2.24, 2.45) is 0 Å². The number of anilines is 1. The molecule has 1 N–H and O–H groups in total. The third kappa shape index (κ3) is 4.05. The van der Waals surface area contributed by atoms with E-state index in [0.29, 0.717) is 29.5 Å². The summed E-state index contributed by atoms with van der Waals surface area (Å²) < 4.78 is 21.4. The Hall–Kier alpha value is -3.42. The van der Waals surface area contributed by atoms with Crippen LogP contribution in [0.2, 0.25) is 0 Å². The summed E-state index contributed by atoms with van der Waals surface area (Å²) in [7, 11) is 3.07. The number of nitrogens with zero attached hydrogens (tertiary/aromatic N) is 1. The van der Waals surface area contributed by atoms with Gasteiger partial charge in [0, 0.05) is 6.07 Å². The van der Waals surface area contributed by atoms with Gasteiger partial charge in [0.2, 0.25) is 0 Å². The Bertz CT molecular complexity index is 834. The molecule has 1 amide bonds. The highest BCUT2D eigenvalue weighted by molar-refractivity contribution is 5.91. The molecule has 0 spiro atoms. The van der Waals surface area contributed by atoms with E-state index in [1.807, 2.05) is 0 Å². The van der Waals surface area contributed by atoms with Crippen LogP contribution in [0.25, 0.3) is 0 Å². The molecule has 8 heteroatoms. The van der Waals surface area contributed by atoms with Crippen LogP contribution >= 0.6 is 0 Å². The Kier molecular flexibility index (Phi) is 5.35. The van der Waals surface area contributed by atoms with Crippen molar-refractivity contribution in [3.8, 4) is 17.2 Å². The fourth-order valence-electron chi connectivity index (χ4n) is 2.70. The summed E-state index contributed by atoms with van der Waals surface area (Å²) in [6, 6.07) is 11.2. The zero-order valence-electron chi connectivity index (χ0n) is 14.9. The Morgan fingerprint density at radius 3 is 2.48 bits per heavy atom. The van der Waals surface area contributed by atoms with E-state index in [9.17, 15) is 9.59 Å². The number of methoxy groups -OCH3 is 2. The Morgan fingerprint density at radius 1 is 1.15 bits per heavy atom. The molecule has 1 aliphatic rings. The van der Waals surface area contributed by atoms with Crippen molar-refractivity contribution in [1.29, 1.82) is 0 Å². The molecule has 1 fully saturated rings. The van der Waals surface area contributed by atoms with Gasteiger partial charge in [0.15, 0.2) is 6.10 Å². The van der Waals surface area contributed by atoms with E-state index in [1.54, 1.807) is 37.4 Å². The molecule has 1 aliphatic heterocycles. The summed E-state index contributed by atoms with van der Waals surface area (Å²) in [6.45, 7) is 0.446. The Labute approximate surface area is 155 Å². The Morgan fingerprint density at radius 2 is 1.85 bits per heavy atom. The molecule has 27 heavy (non-hydrogen) atoms. The highest BCUT2D eigenvalue weighted by Gasteiger charge is 2.34. The van der Waals surface area contributed by atoms with Crippen LogP contribution in [0.1, 0.15) is 10.4 Å². The summed E-state index contributed by atoms with van der Waals surface area (Å²) in [5, 5.41) is 8.90. The fourth-order valence-corrected chi connectivity index (χ4v) is 2.70. The van der Waals surface area contributed by atoms with Gasteiger partial charge in [-0.3, -0.25) is 4.90 Å². The van der Waals surface area contributed by atoms with E-state index >= 15 is 0 Å². The Balaban J connectivity index is 1.64. The number of aromatic carboxylic acids is 1. The quantitative estimate of drug-likeness (QED) is 0.797. The zero-order valence-corrected chi connectivity index (χ0v) is 14.9. The van der Waals surface area contributed by atoms with Gasteiger partial charge < -0.3 is 24.1 Å². The third-order valence-corrected chi connectivity index (χ3v) is 4.09. The predicted octanol–water partition coefficient (Wildman–Crippen LogP) is 2.81. The molecule has 3 rings (SSSR count). The van der Waals surface area contributed by atoms with Crippen LogP contribution in [0.4, 0.5) is 10.5 Å². The van der Waals surface area contributed by atoms with Crippen LogP contribution in [-0.4, -0.2) is 50.6 Å². The number of hydrogen-bond donors (Lipinski definition) is 1. The molecule has 1 saturated heterocycles. The second-order valence-electron chi connectivity index (χ2n) is 5.79. The van der Waals surface area contributed by atoms with Gasteiger partial charge in [-0.05, 0) is 36.4 Å². The van der Waals surface area contributed by atoms with Gasteiger partial charge in [-0.2, -0.15) is 0 Å². The number of rotatable bonds is 7. The minimum Gasteiger partial charge on any atom is -0.497 e. The summed E-state index contributed by atoms with van der Waals surface area (Å²) >= 11 is 0. The number of benzene rings is 2. The topological polar surface area (TPSA) is 94.5 Å². The first-order valence-corrected chi connectivity index (χ1v) is 8.18. The van der Waals surface area contributed by atoms with Crippen LogP contribution < -0.4 is 19.1 Å². The molecule has 0 radical (unpaired) electrons. The van der Waals surface area contributed by atoms with Crippen molar-refractivity contribution in [3.05, 3.63) is 48.0 Å². The smallest absolute Gasteiger partial charge is 0.415 e. The lowest BCUT2D eigenvalue weighted by Crippen LogP contribution is -2.27. The highest BCUT2D eigenvalue weighted by atomic mass is 16.6. The molecule has 1 atom stereocenters. The largest absolute Gasteiger partial charge is 0.497 e. The number of carboxylic acids is 1. The molecule has 0 saturated carbocycles. The number of hydrogen-bond acceptors (Lipinski definition) is 6. The van der Waals surface area contributed by atoms with Crippen LogP contribution in [0, 0.1) is 0 Å². The lowest BCUT2D eigenvalue weighted by molar-refractivity contribution is 0.0696. The lowest BCUT2D eigenvalue weighted by Gasteiger charge is -2.17. The fraction of sp³-hybridized carbons (Fsp3) is 0.263. The molecule has 0 aliphatic carbocycles. The summed E-state index contributed by atoms with van der Waals surface area (Å²) in [5.41, 5.74) is 0.754. The van der Waals surface area contributed by atoms with Crippen LogP contribution in [0.5, 0.6) is 17.2 Å².